The van der Waals surface area contributed by atoms with E-state index < -0.39 is 17.8 Å². The van der Waals surface area contributed by atoms with Gasteiger partial charge in [0.15, 0.2) is 13.1 Å². The highest BCUT2D eigenvalue weighted by Gasteiger charge is 2.18. The maximum absolute atomic E-state index is 13.5. The van der Waals surface area contributed by atoms with Crippen molar-refractivity contribution in [2.75, 3.05) is 25.0 Å². The van der Waals surface area contributed by atoms with Gasteiger partial charge in [-0.3, -0.25) is 14.9 Å². The van der Waals surface area contributed by atoms with Crippen LogP contribution in [0.5, 0.6) is 0 Å². The van der Waals surface area contributed by atoms with E-state index in [0.717, 1.165) is 4.88 Å². The lowest BCUT2D eigenvalue weighted by atomic mass is 10.3. The molecular formula is C18H22FN4O3S+. The number of carbonyl (C=O) groups excluding carboxylic acids is 3. The maximum Gasteiger partial charge on any atom is 0.326 e. The summed E-state index contributed by atoms with van der Waals surface area (Å²) < 4.78 is 13.5. The molecule has 1 heterocycles. The van der Waals surface area contributed by atoms with Gasteiger partial charge in [0, 0.05) is 4.88 Å². The number of hydrogen-bond donors (Lipinski definition) is 4. The Morgan fingerprint density at radius 3 is 2.48 bits per heavy atom. The number of anilines is 1. The lowest BCUT2D eigenvalue weighted by molar-refractivity contribution is -0.881. The first kappa shape index (κ1) is 20.5. The molecule has 1 aromatic carbocycles. The lowest BCUT2D eigenvalue weighted by Crippen LogP contribution is -3.14. The van der Waals surface area contributed by atoms with Crippen molar-refractivity contribution in [1.82, 2.24) is 10.6 Å². The van der Waals surface area contributed by atoms with Gasteiger partial charge in [0.1, 0.15) is 5.82 Å². The quantitative estimate of drug-likeness (QED) is 0.534. The number of likely N-dealkylation sites (N-methyl/N-ethyl adjacent to an activating group) is 1. The van der Waals surface area contributed by atoms with Crippen LogP contribution in [0.15, 0.2) is 41.8 Å². The highest BCUT2D eigenvalue weighted by atomic mass is 32.1. The zero-order valence-corrected chi connectivity index (χ0v) is 15.7. The van der Waals surface area contributed by atoms with E-state index in [1.807, 2.05) is 24.4 Å². The van der Waals surface area contributed by atoms with Gasteiger partial charge in [-0.25, -0.2) is 9.18 Å². The molecule has 0 radical (unpaired) electrons. The van der Waals surface area contributed by atoms with Crippen LogP contribution in [0, 0.1) is 5.82 Å². The molecule has 0 spiro atoms. The molecule has 0 saturated heterocycles. The Balaban J connectivity index is 1.75. The van der Waals surface area contributed by atoms with Gasteiger partial charge in [-0.05, 0) is 30.5 Å². The second-order valence-electron chi connectivity index (χ2n) is 5.80. The SMILES string of the molecule is CC[NH+](CC(=O)NCc1cccs1)CC(=O)NC(=O)Nc1ccccc1F. The highest BCUT2D eigenvalue weighted by molar-refractivity contribution is 7.09. The van der Waals surface area contributed by atoms with Gasteiger partial charge in [0.25, 0.3) is 11.8 Å². The number of benzene rings is 1. The smallest absolute Gasteiger partial charge is 0.326 e. The molecule has 1 unspecified atom stereocenters. The Hall–Kier alpha value is -2.78. The van der Waals surface area contributed by atoms with Gasteiger partial charge >= 0.3 is 6.03 Å². The molecule has 2 aromatic rings. The van der Waals surface area contributed by atoms with Crippen molar-refractivity contribution in [3.05, 3.63) is 52.5 Å². The number of carbonyl (C=O) groups is 3. The first-order chi connectivity index (χ1) is 13.0. The minimum atomic E-state index is -0.817. The normalized spacial score (nSPS) is 11.5. The van der Waals surface area contributed by atoms with E-state index in [4.69, 9.17) is 0 Å². The van der Waals surface area contributed by atoms with E-state index in [0.29, 0.717) is 18.0 Å². The number of nitrogens with one attached hydrogen (secondary N) is 4. The molecule has 2 rings (SSSR count). The molecule has 0 bridgehead atoms. The molecule has 1 atom stereocenters. The number of thiophene rings is 1. The number of halogens is 1. The predicted octanol–water partition coefficient (Wildman–Crippen LogP) is 0.757. The molecular weight excluding hydrogens is 371 g/mol. The molecule has 27 heavy (non-hydrogen) atoms. The molecule has 0 aliphatic heterocycles. The average molecular weight is 393 g/mol. The summed E-state index contributed by atoms with van der Waals surface area (Å²) in [7, 11) is 0. The van der Waals surface area contributed by atoms with Gasteiger partial charge < -0.3 is 15.5 Å². The van der Waals surface area contributed by atoms with Crippen LogP contribution in [0.1, 0.15) is 11.8 Å². The summed E-state index contributed by atoms with van der Waals surface area (Å²) in [5.74, 6) is -1.32. The number of para-hydroxylation sites is 1. The van der Waals surface area contributed by atoms with E-state index in [9.17, 15) is 18.8 Å². The summed E-state index contributed by atoms with van der Waals surface area (Å²) in [6.45, 7) is 2.89. The third kappa shape index (κ3) is 7.16. The van der Waals surface area contributed by atoms with Crippen molar-refractivity contribution in [2.24, 2.45) is 0 Å². The van der Waals surface area contributed by atoms with Crippen molar-refractivity contribution >= 4 is 34.9 Å². The largest absolute Gasteiger partial charge is 0.346 e. The number of amides is 4. The Morgan fingerprint density at radius 2 is 1.81 bits per heavy atom. The topological polar surface area (TPSA) is 91.7 Å². The van der Waals surface area contributed by atoms with Crippen LogP contribution in [0.4, 0.5) is 14.9 Å². The Bertz CT molecular complexity index is 783. The third-order valence-electron chi connectivity index (χ3n) is 3.74. The van der Waals surface area contributed by atoms with Crippen LogP contribution in [-0.4, -0.2) is 37.5 Å². The van der Waals surface area contributed by atoms with E-state index in [1.54, 1.807) is 17.4 Å². The minimum absolute atomic E-state index is 0.0181. The fourth-order valence-electron chi connectivity index (χ4n) is 2.31. The van der Waals surface area contributed by atoms with E-state index in [2.05, 4.69) is 16.0 Å². The van der Waals surface area contributed by atoms with Gasteiger partial charge in [-0.2, -0.15) is 0 Å². The summed E-state index contributed by atoms with van der Waals surface area (Å²) in [5.41, 5.74) is -0.0181. The standard InChI is InChI=1S/C18H21FN4O3S/c1-2-23(11-16(24)20-10-13-6-5-9-27-13)12-17(25)22-18(26)21-15-8-4-3-7-14(15)19/h3-9H,2,10-12H2,1H3,(H,20,24)(H2,21,22,25,26)/p+1. The van der Waals surface area contributed by atoms with E-state index in [-0.39, 0.29) is 24.7 Å². The lowest BCUT2D eigenvalue weighted by Gasteiger charge is -2.16. The van der Waals surface area contributed by atoms with Crippen LogP contribution >= 0.6 is 11.3 Å². The van der Waals surface area contributed by atoms with Gasteiger partial charge in [0.2, 0.25) is 0 Å². The maximum atomic E-state index is 13.5. The van der Waals surface area contributed by atoms with Crippen LogP contribution in [0.25, 0.3) is 0 Å². The molecule has 7 nitrogen and oxygen atoms in total. The summed E-state index contributed by atoms with van der Waals surface area (Å²) in [4.78, 5) is 37.6. The van der Waals surface area contributed by atoms with Gasteiger partial charge in [0.05, 0.1) is 18.8 Å². The van der Waals surface area contributed by atoms with Crippen molar-refractivity contribution in [1.29, 1.82) is 0 Å². The summed E-state index contributed by atoms with van der Waals surface area (Å²) in [6.07, 6.45) is 0. The number of urea groups is 1. The minimum Gasteiger partial charge on any atom is -0.346 e. The Labute approximate surface area is 160 Å². The predicted molar refractivity (Wildman–Crippen MR) is 101 cm³/mol. The van der Waals surface area contributed by atoms with Crippen molar-refractivity contribution in [2.45, 2.75) is 13.5 Å². The molecule has 4 amide bonds. The molecule has 9 heteroatoms. The van der Waals surface area contributed by atoms with Crippen molar-refractivity contribution in [3.63, 3.8) is 0 Å². The summed E-state index contributed by atoms with van der Waals surface area (Å²) >= 11 is 1.55. The van der Waals surface area contributed by atoms with Crippen LogP contribution < -0.4 is 20.9 Å². The number of rotatable bonds is 8. The molecule has 144 valence electrons. The molecule has 4 N–H and O–H groups in total. The highest BCUT2D eigenvalue weighted by Crippen LogP contribution is 2.11. The fraction of sp³-hybridized carbons (Fsp3) is 0.278. The van der Waals surface area contributed by atoms with E-state index in [1.165, 1.54) is 18.2 Å². The van der Waals surface area contributed by atoms with Crippen molar-refractivity contribution < 1.29 is 23.7 Å². The molecule has 1 aromatic heterocycles. The average Bonchev–Trinajstić information content (AvgIpc) is 3.15. The zero-order valence-electron chi connectivity index (χ0n) is 14.9. The van der Waals surface area contributed by atoms with Gasteiger partial charge in [-0.15, -0.1) is 11.3 Å². The number of quaternary nitrogens is 1. The van der Waals surface area contributed by atoms with Gasteiger partial charge in [-0.1, -0.05) is 18.2 Å². The summed E-state index contributed by atoms with van der Waals surface area (Å²) in [5, 5.41) is 9.15. The monoisotopic (exact) mass is 393 g/mol. The fourth-order valence-corrected chi connectivity index (χ4v) is 2.96. The Morgan fingerprint density at radius 1 is 1.07 bits per heavy atom. The van der Waals surface area contributed by atoms with Crippen LogP contribution in [-0.2, 0) is 16.1 Å². The molecule has 0 saturated carbocycles. The first-order valence-corrected chi connectivity index (χ1v) is 9.34. The third-order valence-corrected chi connectivity index (χ3v) is 4.61. The van der Waals surface area contributed by atoms with Crippen LogP contribution in [0.2, 0.25) is 0 Å². The molecule has 0 aliphatic rings. The van der Waals surface area contributed by atoms with Crippen LogP contribution in [0.3, 0.4) is 0 Å². The van der Waals surface area contributed by atoms with Crippen molar-refractivity contribution in [3.8, 4) is 0 Å². The molecule has 0 aliphatic carbocycles. The Kier molecular flexibility index (Phi) is 7.90. The number of hydrogen-bond acceptors (Lipinski definition) is 4. The first-order valence-electron chi connectivity index (χ1n) is 8.46. The second-order valence-corrected chi connectivity index (χ2v) is 6.83. The zero-order chi connectivity index (χ0) is 19.6. The summed E-state index contributed by atoms with van der Waals surface area (Å²) in [6, 6.07) is 8.68. The van der Waals surface area contributed by atoms with E-state index >= 15 is 0 Å². The number of imide groups is 1. The molecule has 0 fully saturated rings. The second kappa shape index (κ2) is 10.4.